The predicted octanol–water partition coefficient (Wildman–Crippen LogP) is 2.75. The molecule has 2 N–H and O–H groups in total. The van der Waals surface area contributed by atoms with Crippen LogP contribution < -0.4 is 10.1 Å². The average molecular weight is 277 g/mol. The number of nitrogens with one attached hydrogen (secondary N) is 1. The van der Waals surface area contributed by atoms with E-state index in [1.165, 1.54) is 0 Å². The summed E-state index contributed by atoms with van der Waals surface area (Å²) in [4.78, 5) is 0.972. The Hall–Kier alpha value is -1.36. The standard InChI is InChI=1S/C15H19NO2S/c1-15(17,14-8-5-9-19-14)11-16-10-12-6-3-4-7-13(12)18-2/h3-9,16-17H,10-11H2,1-2H3. The molecule has 102 valence electrons. The van der Waals surface area contributed by atoms with Gasteiger partial charge in [-0.3, -0.25) is 0 Å². The molecule has 0 aliphatic rings. The molecule has 0 aliphatic heterocycles. The smallest absolute Gasteiger partial charge is 0.123 e. The minimum absolute atomic E-state index is 0.506. The largest absolute Gasteiger partial charge is 0.496 e. The summed E-state index contributed by atoms with van der Waals surface area (Å²) in [5.74, 6) is 0.866. The van der Waals surface area contributed by atoms with Gasteiger partial charge in [0.2, 0.25) is 0 Å². The zero-order valence-electron chi connectivity index (χ0n) is 11.2. The van der Waals surface area contributed by atoms with E-state index in [0.29, 0.717) is 13.1 Å². The molecular formula is C15H19NO2S. The Kier molecular flexibility index (Phi) is 4.58. The number of benzene rings is 1. The Morgan fingerprint density at radius 3 is 2.74 bits per heavy atom. The molecule has 0 fully saturated rings. The van der Waals surface area contributed by atoms with Crippen LogP contribution in [0.5, 0.6) is 5.75 Å². The van der Waals surface area contributed by atoms with Crippen molar-refractivity contribution in [2.24, 2.45) is 0 Å². The summed E-state index contributed by atoms with van der Waals surface area (Å²) < 4.78 is 5.30. The molecule has 0 saturated carbocycles. The van der Waals surface area contributed by atoms with Crippen molar-refractivity contribution >= 4 is 11.3 Å². The van der Waals surface area contributed by atoms with Crippen LogP contribution in [0.15, 0.2) is 41.8 Å². The van der Waals surface area contributed by atoms with Gasteiger partial charge in [0.05, 0.1) is 7.11 Å². The SMILES string of the molecule is COc1ccccc1CNCC(C)(O)c1cccs1. The Bertz CT molecular complexity index is 509. The summed E-state index contributed by atoms with van der Waals surface area (Å²) in [5, 5.41) is 15.7. The van der Waals surface area contributed by atoms with Crippen molar-refractivity contribution in [2.75, 3.05) is 13.7 Å². The third kappa shape index (κ3) is 3.56. The van der Waals surface area contributed by atoms with E-state index in [1.807, 2.05) is 48.7 Å². The van der Waals surface area contributed by atoms with Crippen LogP contribution in [0.1, 0.15) is 17.4 Å². The molecule has 1 aromatic heterocycles. The molecule has 0 amide bonds. The number of thiophene rings is 1. The van der Waals surface area contributed by atoms with Gasteiger partial charge in [0.15, 0.2) is 0 Å². The van der Waals surface area contributed by atoms with Crippen LogP contribution >= 0.6 is 11.3 Å². The molecule has 0 radical (unpaired) electrons. The fourth-order valence-electron chi connectivity index (χ4n) is 1.96. The van der Waals surface area contributed by atoms with Crippen LogP contribution in [0.4, 0.5) is 0 Å². The number of methoxy groups -OCH3 is 1. The van der Waals surface area contributed by atoms with Gasteiger partial charge in [-0.15, -0.1) is 11.3 Å². The van der Waals surface area contributed by atoms with E-state index in [2.05, 4.69) is 5.32 Å². The Balaban J connectivity index is 1.93. The second kappa shape index (κ2) is 6.19. The maximum absolute atomic E-state index is 10.4. The van der Waals surface area contributed by atoms with Gasteiger partial charge < -0.3 is 15.2 Å². The summed E-state index contributed by atoms with van der Waals surface area (Å²) in [7, 11) is 1.67. The van der Waals surface area contributed by atoms with E-state index in [0.717, 1.165) is 16.2 Å². The molecule has 3 nitrogen and oxygen atoms in total. The fourth-order valence-corrected chi connectivity index (χ4v) is 2.75. The molecule has 2 rings (SSSR count). The summed E-state index contributed by atoms with van der Waals surface area (Å²) in [6, 6.07) is 11.8. The normalized spacial score (nSPS) is 14.1. The third-order valence-electron chi connectivity index (χ3n) is 3.03. The molecule has 4 heteroatoms. The lowest BCUT2D eigenvalue weighted by Gasteiger charge is -2.22. The van der Waals surface area contributed by atoms with Crippen molar-refractivity contribution in [3.8, 4) is 5.75 Å². The van der Waals surface area contributed by atoms with E-state index < -0.39 is 5.60 Å². The van der Waals surface area contributed by atoms with Gasteiger partial charge in [-0.1, -0.05) is 24.3 Å². The molecule has 0 spiro atoms. The van der Waals surface area contributed by atoms with Gasteiger partial charge in [0.1, 0.15) is 11.4 Å². The van der Waals surface area contributed by atoms with Crippen LogP contribution in [-0.2, 0) is 12.1 Å². The zero-order chi connectivity index (χ0) is 13.7. The summed E-state index contributed by atoms with van der Waals surface area (Å²) in [5.41, 5.74) is 0.253. The van der Waals surface area contributed by atoms with E-state index in [4.69, 9.17) is 4.74 Å². The summed E-state index contributed by atoms with van der Waals surface area (Å²) in [6.07, 6.45) is 0. The first kappa shape index (κ1) is 14.1. The van der Waals surface area contributed by atoms with E-state index in [1.54, 1.807) is 18.4 Å². The molecular weight excluding hydrogens is 258 g/mol. The van der Waals surface area contributed by atoms with Gasteiger partial charge in [0.25, 0.3) is 0 Å². The molecule has 19 heavy (non-hydrogen) atoms. The maximum atomic E-state index is 10.4. The number of hydrogen-bond donors (Lipinski definition) is 2. The Morgan fingerprint density at radius 1 is 1.26 bits per heavy atom. The molecule has 1 atom stereocenters. The zero-order valence-corrected chi connectivity index (χ0v) is 12.0. The topological polar surface area (TPSA) is 41.5 Å². The van der Waals surface area contributed by atoms with Gasteiger partial charge in [-0.25, -0.2) is 0 Å². The van der Waals surface area contributed by atoms with Crippen molar-refractivity contribution in [3.63, 3.8) is 0 Å². The van der Waals surface area contributed by atoms with Crippen molar-refractivity contribution in [3.05, 3.63) is 52.2 Å². The van der Waals surface area contributed by atoms with E-state index in [9.17, 15) is 5.11 Å². The first-order chi connectivity index (χ1) is 9.13. The quantitative estimate of drug-likeness (QED) is 0.853. The monoisotopic (exact) mass is 277 g/mol. The summed E-state index contributed by atoms with van der Waals surface area (Å²) in [6.45, 7) is 3.01. The van der Waals surface area contributed by atoms with Crippen LogP contribution in [0, 0.1) is 0 Å². The van der Waals surface area contributed by atoms with Gasteiger partial charge in [0, 0.05) is 23.5 Å². The molecule has 2 aromatic rings. The van der Waals surface area contributed by atoms with Crippen molar-refractivity contribution in [1.29, 1.82) is 0 Å². The molecule has 1 aromatic carbocycles. The molecule has 0 bridgehead atoms. The minimum Gasteiger partial charge on any atom is -0.496 e. The second-order valence-corrected chi connectivity index (χ2v) is 5.61. The average Bonchev–Trinajstić information content (AvgIpc) is 2.94. The predicted molar refractivity (Wildman–Crippen MR) is 78.6 cm³/mol. The van der Waals surface area contributed by atoms with Crippen LogP contribution in [0.25, 0.3) is 0 Å². The minimum atomic E-state index is -0.837. The third-order valence-corrected chi connectivity index (χ3v) is 4.15. The lowest BCUT2D eigenvalue weighted by Crippen LogP contribution is -2.34. The number of rotatable bonds is 6. The Morgan fingerprint density at radius 2 is 2.05 bits per heavy atom. The lowest BCUT2D eigenvalue weighted by atomic mass is 10.1. The van der Waals surface area contributed by atoms with Crippen molar-refractivity contribution in [1.82, 2.24) is 5.32 Å². The van der Waals surface area contributed by atoms with Crippen LogP contribution in [0.2, 0.25) is 0 Å². The molecule has 0 aliphatic carbocycles. The molecule has 0 saturated heterocycles. The van der Waals surface area contributed by atoms with Crippen LogP contribution in [0.3, 0.4) is 0 Å². The second-order valence-electron chi connectivity index (χ2n) is 4.67. The number of ether oxygens (including phenoxy) is 1. The lowest BCUT2D eigenvalue weighted by molar-refractivity contribution is 0.0604. The molecule has 1 unspecified atom stereocenters. The fraction of sp³-hybridized carbons (Fsp3) is 0.333. The van der Waals surface area contributed by atoms with Gasteiger partial charge >= 0.3 is 0 Å². The number of hydrogen-bond acceptors (Lipinski definition) is 4. The summed E-state index contributed by atoms with van der Waals surface area (Å²) >= 11 is 1.57. The van der Waals surface area contributed by atoms with E-state index >= 15 is 0 Å². The Labute approximate surface area is 117 Å². The highest BCUT2D eigenvalue weighted by molar-refractivity contribution is 7.10. The van der Waals surface area contributed by atoms with Gasteiger partial charge in [-0.05, 0) is 24.4 Å². The highest BCUT2D eigenvalue weighted by Gasteiger charge is 2.23. The first-order valence-electron chi connectivity index (χ1n) is 6.22. The number of para-hydroxylation sites is 1. The first-order valence-corrected chi connectivity index (χ1v) is 7.10. The highest BCUT2D eigenvalue weighted by Crippen LogP contribution is 2.24. The molecule has 1 heterocycles. The highest BCUT2D eigenvalue weighted by atomic mass is 32.1. The van der Waals surface area contributed by atoms with Crippen molar-refractivity contribution in [2.45, 2.75) is 19.1 Å². The maximum Gasteiger partial charge on any atom is 0.123 e. The van der Waals surface area contributed by atoms with Crippen LogP contribution in [-0.4, -0.2) is 18.8 Å². The van der Waals surface area contributed by atoms with E-state index in [-0.39, 0.29) is 0 Å². The number of aliphatic hydroxyl groups is 1. The van der Waals surface area contributed by atoms with Gasteiger partial charge in [-0.2, -0.15) is 0 Å². The van der Waals surface area contributed by atoms with Crippen molar-refractivity contribution < 1.29 is 9.84 Å².